The van der Waals surface area contributed by atoms with Crippen LogP contribution in [0, 0.1) is 0 Å². The molecule has 74 valence electrons. The average Bonchev–Trinajstić information content (AvgIpc) is 2.02. The highest BCUT2D eigenvalue weighted by Gasteiger charge is 2.10. The third kappa shape index (κ3) is 7.32. The minimum Gasteiger partial charge on any atom is -0.368 e. The second-order valence-electron chi connectivity index (χ2n) is 2.68. The molecule has 0 spiro atoms. The van der Waals surface area contributed by atoms with Gasteiger partial charge in [-0.3, -0.25) is 0 Å². The molecular formula is C7H18NO2PS. The first kappa shape index (κ1) is 12.7. The highest BCUT2D eigenvalue weighted by Crippen LogP contribution is 2.21. The van der Waals surface area contributed by atoms with Gasteiger partial charge in [0.25, 0.3) is 0 Å². The van der Waals surface area contributed by atoms with Crippen molar-refractivity contribution in [1.82, 2.24) is 5.32 Å². The van der Waals surface area contributed by atoms with Gasteiger partial charge in [-0.1, -0.05) is 15.4 Å². The third-order valence-corrected chi connectivity index (χ3v) is 3.36. The molecule has 12 heavy (non-hydrogen) atoms. The van der Waals surface area contributed by atoms with Crippen molar-refractivity contribution in [2.24, 2.45) is 0 Å². The van der Waals surface area contributed by atoms with Crippen molar-refractivity contribution in [3.8, 4) is 0 Å². The molecule has 0 rings (SSSR count). The summed E-state index contributed by atoms with van der Waals surface area (Å²) in [7, 11) is 2.55. The van der Waals surface area contributed by atoms with E-state index in [2.05, 4.69) is 20.7 Å². The monoisotopic (exact) mass is 211 g/mol. The van der Waals surface area contributed by atoms with Crippen LogP contribution in [-0.4, -0.2) is 34.8 Å². The third-order valence-electron chi connectivity index (χ3n) is 1.46. The molecule has 0 saturated carbocycles. The molecule has 0 fully saturated rings. The highest BCUT2D eigenvalue weighted by molar-refractivity contribution is 8.44. The maximum Gasteiger partial charge on any atom is 0.152 e. The molecule has 0 aliphatic heterocycles. The first-order valence-electron chi connectivity index (χ1n) is 4.13. The predicted molar refractivity (Wildman–Crippen MR) is 57.1 cm³/mol. The van der Waals surface area contributed by atoms with E-state index < -0.39 is 6.29 Å². The Balaban J connectivity index is 3.39. The number of nitrogens with one attached hydrogen (secondary N) is 1. The van der Waals surface area contributed by atoms with Gasteiger partial charge in [0.1, 0.15) is 0 Å². The Morgan fingerprint density at radius 3 is 2.58 bits per heavy atom. The second-order valence-corrected chi connectivity index (χ2v) is 4.43. The molecule has 0 aliphatic carbocycles. The molecule has 5 heteroatoms. The Kier molecular flexibility index (Phi) is 8.72. The van der Waals surface area contributed by atoms with Crippen LogP contribution in [0.3, 0.4) is 0 Å². The van der Waals surface area contributed by atoms with Gasteiger partial charge in [-0.15, -0.1) is 11.4 Å². The van der Waals surface area contributed by atoms with E-state index in [1.165, 1.54) is 0 Å². The van der Waals surface area contributed by atoms with Gasteiger partial charge in [0.2, 0.25) is 0 Å². The van der Waals surface area contributed by atoms with Crippen molar-refractivity contribution in [2.75, 3.05) is 13.1 Å². The van der Waals surface area contributed by atoms with Crippen molar-refractivity contribution in [1.29, 1.82) is 0 Å². The average molecular weight is 211 g/mol. The number of rotatable bonds is 7. The molecule has 0 heterocycles. The molecule has 0 saturated heterocycles. The zero-order valence-electron chi connectivity index (χ0n) is 7.36. The molecule has 0 bridgehead atoms. The van der Waals surface area contributed by atoms with Gasteiger partial charge < -0.3 is 15.5 Å². The van der Waals surface area contributed by atoms with Crippen molar-refractivity contribution in [2.45, 2.75) is 31.3 Å². The molecule has 0 aromatic heterocycles. The first-order chi connectivity index (χ1) is 5.70. The quantitative estimate of drug-likeness (QED) is 0.327. The molecule has 2 unspecified atom stereocenters. The lowest BCUT2D eigenvalue weighted by molar-refractivity contribution is -0.0448. The fourth-order valence-electron chi connectivity index (χ4n) is 0.862. The Hall–Kier alpha value is 0.660. The van der Waals surface area contributed by atoms with Crippen LogP contribution >= 0.6 is 19.8 Å². The predicted octanol–water partition coefficient (Wildman–Crippen LogP) is 0.579. The van der Waals surface area contributed by atoms with E-state index >= 15 is 0 Å². The molecule has 3 nitrogen and oxygen atoms in total. The van der Waals surface area contributed by atoms with Crippen LogP contribution in [0.25, 0.3) is 0 Å². The lowest BCUT2D eigenvalue weighted by Gasteiger charge is -2.15. The maximum atomic E-state index is 8.72. The molecule has 0 radical (unpaired) electrons. The van der Waals surface area contributed by atoms with Crippen LogP contribution in [0.15, 0.2) is 0 Å². The molecular weight excluding hydrogens is 193 g/mol. The van der Waals surface area contributed by atoms with Crippen LogP contribution in [0.1, 0.15) is 19.8 Å². The van der Waals surface area contributed by atoms with Gasteiger partial charge in [0.15, 0.2) is 6.29 Å². The Bertz CT molecular complexity index is 105. The van der Waals surface area contributed by atoms with E-state index in [1.807, 2.05) is 0 Å². The fourth-order valence-corrected chi connectivity index (χ4v) is 1.98. The summed E-state index contributed by atoms with van der Waals surface area (Å²) in [4.78, 5) is 0. The zero-order chi connectivity index (χ0) is 9.40. The minimum absolute atomic E-state index is 0.265. The van der Waals surface area contributed by atoms with E-state index in [9.17, 15) is 0 Å². The summed E-state index contributed by atoms with van der Waals surface area (Å²) in [6.07, 6.45) is 0.340. The van der Waals surface area contributed by atoms with Crippen molar-refractivity contribution in [3.63, 3.8) is 0 Å². The molecule has 3 N–H and O–H groups in total. The summed E-state index contributed by atoms with van der Waals surface area (Å²) in [6.45, 7) is 3.93. The topological polar surface area (TPSA) is 52.5 Å². The SMILES string of the molecule is CCCNCC(CC(O)O)SP. The minimum atomic E-state index is -1.19. The van der Waals surface area contributed by atoms with Crippen molar-refractivity contribution < 1.29 is 10.2 Å². The van der Waals surface area contributed by atoms with Crippen LogP contribution < -0.4 is 5.32 Å². The van der Waals surface area contributed by atoms with Gasteiger partial charge in [-0.25, -0.2) is 0 Å². The number of hydrogen-bond acceptors (Lipinski definition) is 4. The van der Waals surface area contributed by atoms with E-state index in [-0.39, 0.29) is 5.25 Å². The van der Waals surface area contributed by atoms with Crippen LogP contribution in [0.4, 0.5) is 0 Å². The smallest absolute Gasteiger partial charge is 0.152 e. The summed E-state index contributed by atoms with van der Waals surface area (Å²) in [6, 6.07) is 0. The normalized spacial score (nSPS) is 13.8. The van der Waals surface area contributed by atoms with E-state index in [4.69, 9.17) is 10.2 Å². The van der Waals surface area contributed by atoms with Gasteiger partial charge in [0.05, 0.1) is 0 Å². The van der Waals surface area contributed by atoms with Gasteiger partial charge in [-0.05, 0) is 13.0 Å². The highest BCUT2D eigenvalue weighted by atomic mass is 32.7. The van der Waals surface area contributed by atoms with Gasteiger partial charge in [-0.2, -0.15) is 0 Å². The largest absolute Gasteiger partial charge is 0.368 e. The molecule has 0 aromatic carbocycles. The van der Waals surface area contributed by atoms with Crippen LogP contribution in [-0.2, 0) is 0 Å². The van der Waals surface area contributed by atoms with Gasteiger partial charge in [0, 0.05) is 18.2 Å². The molecule has 2 atom stereocenters. The van der Waals surface area contributed by atoms with E-state index in [1.54, 1.807) is 11.4 Å². The summed E-state index contributed by atoms with van der Waals surface area (Å²) >= 11 is 1.58. The van der Waals surface area contributed by atoms with Crippen molar-refractivity contribution >= 4 is 19.8 Å². The molecule has 0 aliphatic rings. The fraction of sp³-hybridized carbons (Fsp3) is 1.00. The Morgan fingerprint density at radius 1 is 1.50 bits per heavy atom. The number of aliphatic hydroxyl groups excluding tert-OH is 1. The second kappa shape index (κ2) is 8.27. The number of hydrogen-bond donors (Lipinski definition) is 3. The van der Waals surface area contributed by atoms with E-state index in [0.717, 1.165) is 19.5 Å². The first-order valence-corrected chi connectivity index (χ1v) is 6.48. The number of aliphatic hydroxyl groups is 2. The van der Waals surface area contributed by atoms with Crippen LogP contribution in [0.5, 0.6) is 0 Å². The Morgan fingerprint density at radius 2 is 2.17 bits per heavy atom. The van der Waals surface area contributed by atoms with Crippen LogP contribution in [0.2, 0.25) is 0 Å². The van der Waals surface area contributed by atoms with E-state index in [0.29, 0.717) is 6.42 Å². The lowest BCUT2D eigenvalue weighted by atomic mass is 10.3. The zero-order valence-corrected chi connectivity index (χ0v) is 9.33. The molecule has 0 aromatic rings. The maximum absolute atomic E-state index is 8.72. The summed E-state index contributed by atoms with van der Waals surface area (Å²) in [5, 5.41) is 20.9. The standard InChI is InChI=1S/C7H18NO2PS/c1-2-3-8-5-6(12-11)4-7(9)10/h6-10H,2-5,11H2,1H3. The summed E-state index contributed by atoms with van der Waals surface area (Å²) < 4.78 is 0. The summed E-state index contributed by atoms with van der Waals surface area (Å²) in [5.41, 5.74) is 0. The summed E-state index contributed by atoms with van der Waals surface area (Å²) in [5.74, 6) is 0. The lowest BCUT2D eigenvalue weighted by Crippen LogP contribution is -2.27. The molecule has 0 amide bonds. The van der Waals surface area contributed by atoms with Crippen molar-refractivity contribution in [3.05, 3.63) is 0 Å². The Labute approximate surface area is 80.3 Å². The van der Waals surface area contributed by atoms with Gasteiger partial charge >= 0.3 is 0 Å².